The van der Waals surface area contributed by atoms with Gasteiger partial charge in [-0.25, -0.2) is 13.1 Å². The van der Waals surface area contributed by atoms with Gasteiger partial charge in [-0.15, -0.1) is 0 Å². The molecule has 0 spiro atoms. The van der Waals surface area contributed by atoms with E-state index >= 15 is 0 Å². The third kappa shape index (κ3) is 4.96. The average Bonchev–Trinajstić information content (AvgIpc) is 2.46. The minimum atomic E-state index is -3.57. The van der Waals surface area contributed by atoms with Crippen LogP contribution in [0.5, 0.6) is 5.75 Å². The fourth-order valence-corrected chi connectivity index (χ4v) is 3.33. The molecule has 1 aromatic rings. The molecule has 0 heterocycles. The van der Waals surface area contributed by atoms with Crippen LogP contribution in [0.2, 0.25) is 0 Å². The minimum Gasteiger partial charge on any atom is -0.496 e. The number of hydrogen-bond donors (Lipinski definition) is 2. The molecule has 0 amide bonds. The first-order valence-electron chi connectivity index (χ1n) is 6.81. The van der Waals surface area contributed by atoms with Crippen molar-refractivity contribution in [1.82, 2.24) is 10.0 Å². The van der Waals surface area contributed by atoms with Gasteiger partial charge in [-0.2, -0.15) is 0 Å². The van der Waals surface area contributed by atoms with E-state index in [1.54, 1.807) is 39.5 Å². The van der Waals surface area contributed by atoms with Crippen molar-refractivity contribution < 1.29 is 17.9 Å². The highest BCUT2D eigenvalue weighted by Gasteiger charge is 2.20. The number of methoxy groups -OCH3 is 2. The first-order valence-corrected chi connectivity index (χ1v) is 8.29. The third-order valence-electron chi connectivity index (χ3n) is 3.11. The zero-order valence-electron chi connectivity index (χ0n) is 13.0. The summed E-state index contributed by atoms with van der Waals surface area (Å²) < 4.78 is 37.7. The normalized spacial score (nSPS) is 13.1. The fraction of sp³-hybridized carbons (Fsp3) is 0.571. The van der Waals surface area contributed by atoms with E-state index in [2.05, 4.69) is 10.0 Å². The molecule has 21 heavy (non-hydrogen) atoms. The summed E-state index contributed by atoms with van der Waals surface area (Å²) in [6, 6.07) is 4.59. The summed E-state index contributed by atoms with van der Waals surface area (Å²) in [7, 11) is 1.34. The van der Waals surface area contributed by atoms with E-state index in [4.69, 9.17) is 9.47 Å². The molecule has 0 bridgehead atoms. The molecule has 7 heteroatoms. The van der Waals surface area contributed by atoms with E-state index in [-0.39, 0.29) is 10.9 Å². The Balaban J connectivity index is 3.04. The fourth-order valence-electron chi connectivity index (χ4n) is 1.97. The van der Waals surface area contributed by atoms with Crippen molar-refractivity contribution in [3.05, 3.63) is 23.8 Å². The molecule has 0 aliphatic heterocycles. The predicted octanol–water partition coefficient (Wildman–Crippen LogP) is 1.12. The Bertz CT molecular complexity index is 546. The van der Waals surface area contributed by atoms with Gasteiger partial charge in [0.05, 0.1) is 18.6 Å². The van der Waals surface area contributed by atoms with Crippen LogP contribution in [-0.4, -0.2) is 42.3 Å². The van der Waals surface area contributed by atoms with Crippen molar-refractivity contribution in [3.8, 4) is 5.75 Å². The van der Waals surface area contributed by atoms with Crippen LogP contribution in [0.1, 0.15) is 18.9 Å². The zero-order chi connectivity index (χ0) is 15.9. The van der Waals surface area contributed by atoms with E-state index < -0.39 is 10.0 Å². The van der Waals surface area contributed by atoms with Gasteiger partial charge in [0.1, 0.15) is 5.75 Å². The number of benzene rings is 1. The molecule has 1 unspecified atom stereocenters. The number of hydrogen-bond acceptors (Lipinski definition) is 5. The molecular weight excluding hydrogens is 292 g/mol. The topological polar surface area (TPSA) is 76.7 Å². The van der Waals surface area contributed by atoms with Crippen molar-refractivity contribution in [2.75, 3.05) is 27.9 Å². The number of ether oxygens (including phenoxy) is 2. The Morgan fingerprint density at radius 2 is 2.00 bits per heavy atom. The van der Waals surface area contributed by atoms with Crippen LogP contribution in [-0.2, 0) is 21.3 Å². The maximum atomic E-state index is 12.4. The zero-order valence-corrected chi connectivity index (χ0v) is 13.8. The van der Waals surface area contributed by atoms with E-state index in [1.165, 1.54) is 0 Å². The molecule has 2 N–H and O–H groups in total. The lowest BCUT2D eigenvalue weighted by Gasteiger charge is -2.17. The SMILES string of the molecule is CCC(COC)NS(=O)(=O)c1ccc(OC)c(CNC)c1. The van der Waals surface area contributed by atoms with E-state index in [9.17, 15) is 8.42 Å². The lowest BCUT2D eigenvalue weighted by atomic mass is 10.2. The Kier molecular flexibility index (Phi) is 7.10. The van der Waals surface area contributed by atoms with Crippen LogP contribution >= 0.6 is 0 Å². The van der Waals surface area contributed by atoms with Crippen LogP contribution in [0.3, 0.4) is 0 Å². The van der Waals surface area contributed by atoms with Crippen molar-refractivity contribution in [2.45, 2.75) is 30.8 Å². The molecule has 0 radical (unpaired) electrons. The molecule has 0 saturated carbocycles. The van der Waals surface area contributed by atoms with Crippen LogP contribution < -0.4 is 14.8 Å². The first-order chi connectivity index (χ1) is 9.98. The van der Waals surface area contributed by atoms with Gasteiger partial charge in [0.15, 0.2) is 0 Å². The second-order valence-electron chi connectivity index (χ2n) is 4.69. The van der Waals surface area contributed by atoms with E-state index in [1.807, 2.05) is 6.92 Å². The summed E-state index contributed by atoms with van der Waals surface area (Å²) >= 11 is 0. The third-order valence-corrected chi connectivity index (χ3v) is 4.63. The highest BCUT2D eigenvalue weighted by molar-refractivity contribution is 7.89. The smallest absolute Gasteiger partial charge is 0.240 e. The molecule has 120 valence electrons. The summed E-state index contributed by atoms with van der Waals surface area (Å²) in [6.45, 7) is 2.78. The van der Waals surface area contributed by atoms with Gasteiger partial charge in [-0.1, -0.05) is 6.92 Å². The molecule has 1 atom stereocenters. The monoisotopic (exact) mass is 316 g/mol. The molecule has 6 nitrogen and oxygen atoms in total. The van der Waals surface area contributed by atoms with Gasteiger partial charge < -0.3 is 14.8 Å². The van der Waals surface area contributed by atoms with Gasteiger partial charge in [-0.05, 0) is 31.7 Å². The van der Waals surface area contributed by atoms with Gasteiger partial charge >= 0.3 is 0 Å². The van der Waals surface area contributed by atoms with Crippen LogP contribution in [0.4, 0.5) is 0 Å². The van der Waals surface area contributed by atoms with E-state index in [0.29, 0.717) is 25.3 Å². The van der Waals surface area contributed by atoms with Gasteiger partial charge in [0.25, 0.3) is 0 Å². The Morgan fingerprint density at radius 3 is 2.52 bits per heavy atom. The summed E-state index contributed by atoms with van der Waals surface area (Å²) in [6.07, 6.45) is 0.659. The average molecular weight is 316 g/mol. The molecular formula is C14H24N2O4S. The summed E-state index contributed by atoms with van der Waals surface area (Å²) in [5.74, 6) is 0.659. The second-order valence-corrected chi connectivity index (χ2v) is 6.40. The summed E-state index contributed by atoms with van der Waals surface area (Å²) in [5.41, 5.74) is 0.794. The van der Waals surface area contributed by atoms with Crippen molar-refractivity contribution >= 4 is 10.0 Å². The lowest BCUT2D eigenvalue weighted by Crippen LogP contribution is -2.37. The molecule has 1 rings (SSSR count). The van der Waals surface area contributed by atoms with Crippen molar-refractivity contribution in [2.24, 2.45) is 0 Å². The molecule has 0 aliphatic rings. The van der Waals surface area contributed by atoms with Gasteiger partial charge in [0.2, 0.25) is 10.0 Å². The summed E-state index contributed by atoms with van der Waals surface area (Å²) in [4.78, 5) is 0.225. The van der Waals surface area contributed by atoms with E-state index in [0.717, 1.165) is 5.56 Å². The Morgan fingerprint density at radius 1 is 1.29 bits per heavy atom. The maximum absolute atomic E-state index is 12.4. The molecule has 0 fully saturated rings. The number of rotatable bonds is 9. The molecule has 0 aliphatic carbocycles. The minimum absolute atomic E-state index is 0.225. The Labute approximate surface area is 126 Å². The van der Waals surface area contributed by atoms with Crippen LogP contribution in [0.15, 0.2) is 23.1 Å². The lowest BCUT2D eigenvalue weighted by molar-refractivity contribution is 0.173. The maximum Gasteiger partial charge on any atom is 0.240 e. The largest absolute Gasteiger partial charge is 0.496 e. The highest BCUT2D eigenvalue weighted by Crippen LogP contribution is 2.22. The van der Waals surface area contributed by atoms with Crippen LogP contribution in [0.25, 0.3) is 0 Å². The number of sulfonamides is 1. The predicted molar refractivity (Wildman–Crippen MR) is 82.0 cm³/mol. The molecule has 1 aromatic carbocycles. The highest BCUT2D eigenvalue weighted by atomic mass is 32.2. The quantitative estimate of drug-likeness (QED) is 0.714. The standard InChI is InChI=1S/C14H24N2O4S/c1-5-12(10-19-3)16-21(17,18)13-6-7-14(20-4)11(8-13)9-15-2/h6-8,12,15-16H,5,9-10H2,1-4H3. The van der Waals surface area contributed by atoms with Crippen molar-refractivity contribution in [3.63, 3.8) is 0 Å². The summed E-state index contributed by atoms with van der Waals surface area (Å²) in [5, 5.41) is 2.99. The first kappa shape index (κ1) is 17.9. The van der Waals surface area contributed by atoms with Gasteiger partial charge in [-0.3, -0.25) is 0 Å². The van der Waals surface area contributed by atoms with Crippen molar-refractivity contribution in [1.29, 1.82) is 0 Å². The molecule has 0 saturated heterocycles. The molecule has 0 aromatic heterocycles. The second kappa shape index (κ2) is 8.33. The number of nitrogens with one attached hydrogen (secondary N) is 2. The Hall–Kier alpha value is -1.15. The van der Waals surface area contributed by atoms with Crippen LogP contribution in [0, 0.1) is 0 Å². The van der Waals surface area contributed by atoms with Gasteiger partial charge in [0, 0.05) is 25.3 Å².